The molecule has 28 heavy (non-hydrogen) atoms. The number of hydrogen-bond donors (Lipinski definition) is 1. The van der Waals surface area contributed by atoms with Crippen molar-refractivity contribution >= 4 is 11.6 Å². The van der Waals surface area contributed by atoms with E-state index in [1.807, 2.05) is 60.7 Å². The van der Waals surface area contributed by atoms with Crippen LogP contribution in [-0.4, -0.2) is 15.0 Å². The number of nitrogens with zero attached hydrogens (tertiary/aromatic N) is 3. The lowest BCUT2D eigenvalue weighted by molar-refractivity contribution is 0.576. The van der Waals surface area contributed by atoms with Crippen LogP contribution in [0.25, 0.3) is 11.3 Å². The molecule has 0 amide bonds. The molecule has 0 aliphatic heterocycles. The molecule has 3 aromatic carbocycles. The molecule has 4 aromatic rings. The van der Waals surface area contributed by atoms with Gasteiger partial charge in [0.1, 0.15) is 11.4 Å². The Hall–Kier alpha value is -2.95. The van der Waals surface area contributed by atoms with E-state index in [1.54, 1.807) is 4.80 Å². The van der Waals surface area contributed by atoms with Crippen LogP contribution >= 0.6 is 11.6 Å². The average Bonchev–Trinajstić information content (AvgIpc) is 3.14. The molecule has 1 N–H and O–H groups in total. The Kier molecular flexibility index (Phi) is 5.80. The lowest BCUT2D eigenvalue weighted by Crippen LogP contribution is -2.14. The summed E-state index contributed by atoms with van der Waals surface area (Å²) in [6.07, 6.45) is 0. The third-order valence-corrected chi connectivity index (χ3v) is 4.87. The second kappa shape index (κ2) is 8.83. The number of rotatable bonds is 7. The molecule has 0 fully saturated rings. The van der Waals surface area contributed by atoms with Crippen molar-refractivity contribution in [1.29, 1.82) is 0 Å². The molecule has 4 rings (SSSR count). The van der Waals surface area contributed by atoms with Crippen LogP contribution in [0.5, 0.6) is 0 Å². The Morgan fingerprint density at radius 3 is 2.18 bits per heavy atom. The van der Waals surface area contributed by atoms with E-state index < -0.39 is 0 Å². The molecule has 0 unspecified atom stereocenters. The topological polar surface area (TPSA) is 42.7 Å². The largest absolute Gasteiger partial charge is 0.307 e. The fourth-order valence-corrected chi connectivity index (χ4v) is 3.29. The molecule has 0 aliphatic rings. The maximum atomic E-state index is 6.31. The van der Waals surface area contributed by atoms with E-state index in [9.17, 15) is 0 Å². The fraction of sp³-hybridized carbons (Fsp3) is 0.130. The van der Waals surface area contributed by atoms with Crippen LogP contribution in [0.15, 0.2) is 84.9 Å². The van der Waals surface area contributed by atoms with Crippen LogP contribution in [-0.2, 0) is 19.6 Å². The second-order valence-electron chi connectivity index (χ2n) is 6.57. The summed E-state index contributed by atoms with van der Waals surface area (Å²) >= 11 is 6.31. The van der Waals surface area contributed by atoms with E-state index in [4.69, 9.17) is 21.8 Å². The Bertz CT molecular complexity index is 1030. The highest BCUT2D eigenvalue weighted by molar-refractivity contribution is 6.31. The quantitative estimate of drug-likeness (QED) is 0.487. The van der Waals surface area contributed by atoms with Crippen LogP contribution in [0.2, 0.25) is 5.02 Å². The third-order valence-electron chi connectivity index (χ3n) is 4.51. The van der Waals surface area contributed by atoms with Gasteiger partial charge >= 0.3 is 0 Å². The Morgan fingerprint density at radius 1 is 0.750 bits per heavy atom. The van der Waals surface area contributed by atoms with Crippen LogP contribution in [0, 0.1) is 0 Å². The van der Waals surface area contributed by atoms with Gasteiger partial charge in [-0.3, -0.25) is 0 Å². The van der Waals surface area contributed by atoms with E-state index in [1.165, 1.54) is 5.56 Å². The zero-order valence-electron chi connectivity index (χ0n) is 15.4. The van der Waals surface area contributed by atoms with Crippen molar-refractivity contribution in [2.24, 2.45) is 0 Å². The number of nitrogens with one attached hydrogen (secondary N) is 1. The predicted octanol–water partition coefficient (Wildman–Crippen LogP) is 4.94. The number of benzene rings is 3. The lowest BCUT2D eigenvalue weighted by Gasteiger charge is -2.04. The van der Waals surface area contributed by atoms with Gasteiger partial charge in [0.2, 0.25) is 0 Å². The Balaban J connectivity index is 1.56. The molecule has 0 aliphatic carbocycles. The normalized spacial score (nSPS) is 10.9. The maximum absolute atomic E-state index is 6.31. The molecule has 0 radical (unpaired) electrons. The van der Waals surface area contributed by atoms with Gasteiger partial charge in [0.25, 0.3) is 0 Å². The molecule has 140 valence electrons. The second-order valence-corrected chi connectivity index (χ2v) is 6.98. The van der Waals surface area contributed by atoms with Crippen molar-refractivity contribution in [3.05, 3.63) is 107 Å². The van der Waals surface area contributed by atoms with Gasteiger partial charge in [0, 0.05) is 23.7 Å². The SMILES string of the molecule is Clc1ccccc1Cn1nc(CNCc2ccccc2)c(-c2ccccc2)n1. The molecule has 0 atom stereocenters. The summed E-state index contributed by atoms with van der Waals surface area (Å²) in [6, 6.07) is 28.3. The highest BCUT2D eigenvalue weighted by Gasteiger charge is 2.14. The highest BCUT2D eigenvalue weighted by Crippen LogP contribution is 2.21. The van der Waals surface area contributed by atoms with Crippen LogP contribution in [0.1, 0.15) is 16.8 Å². The van der Waals surface area contributed by atoms with E-state index >= 15 is 0 Å². The summed E-state index contributed by atoms with van der Waals surface area (Å²) in [4.78, 5) is 1.73. The zero-order chi connectivity index (χ0) is 19.2. The molecule has 0 bridgehead atoms. The minimum absolute atomic E-state index is 0.540. The fourth-order valence-electron chi connectivity index (χ4n) is 3.09. The van der Waals surface area contributed by atoms with Crippen molar-refractivity contribution in [1.82, 2.24) is 20.3 Å². The smallest absolute Gasteiger partial charge is 0.117 e. The zero-order valence-corrected chi connectivity index (χ0v) is 16.2. The van der Waals surface area contributed by atoms with E-state index in [0.717, 1.165) is 34.1 Å². The molecule has 5 heteroatoms. The number of hydrogen-bond acceptors (Lipinski definition) is 3. The first-order chi connectivity index (χ1) is 13.8. The molecule has 0 saturated heterocycles. The number of halogens is 1. The summed E-state index contributed by atoms with van der Waals surface area (Å²) < 4.78 is 0. The summed E-state index contributed by atoms with van der Waals surface area (Å²) in [5.74, 6) is 0. The highest BCUT2D eigenvalue weighted by atomic mass is 35.5. The van der Waals surface area contributed by atoms with Crippen molar-refractivity contribution in [3.63, 3.8) is 0 Å². The summed E-state index contributed by atoms with van der Waals surface area (Å²) in [5, 5.41) is 13.7. The first kappa shape index (κ1) is 18.4. The lowest BCUT2D eigenvalue weighted by atomic mass is 10.1. The summed E-state index contributed by atoms with van der Waals surface area (Å²) in [5.41, 5.74) is 5.13. The van der Waals surface area contributed by atoms with Crippen molar-refractivity contribution in [3.8, 4) is 11.3 Å². The van der Waals surface area contributed by atoms with Gasteiger partial charge in [-0.25, -0.2) is 0 Å². The first-order valence-corrected chi connectivity index (χ1v) is 9.65. The average molecular weight is 389 g/mol. The third kappa shape index (κ3) is 4.47. The number of aromatic nitrogens is 3. The van der Waals surface area contributed by atoms with Crippen molar-refractivity contribution in [2.75, 3.05) is 0 Å². The molecule has 0 spiro atoms. The molecule has 4 nitrogen and oxygen atoms in total. The van der Waals surface area contributed by atoms with Gasteiger partial charge in [-0.05, 0) is 17.2 Å². The van der Waals surface area contributed by atoms with E-state index in [-0.39, 0.29) is 0 Å². The molecule has 0 saturated carbocycles. The summed E-state index contributed by atoms with van der Waals surface area (Å²) in [7, 11) is 0. The van der Waals surface area contributed by atoms with Gasteiger partial charge in [-0.1, -0.05) is 90.5 Å². The van der Waals surface area contributed by atoms with Crippen LogP contribution < -0.4 is 5.32 Å². The van der Waals surface area contributed by atoms with Gasteiger partial charge in [0.05, 0.1) is 6.54 Å². The maximum Gasteiger partial charge on any atom is 0.117 e. The van der Waals surface area contributed by atoms with Gasteiger partial charge < -0.3 is 5.32 Å². The van der Waals surface area contributed by atoms with E-state index in [0.29, 0.717) is 13.1 Å². The monoisotopic (exact) mass is 388 g/mol. The van der Waals surface area contributed by atoms with E-state index in [2.05, 4.69) is 29.6 Å². The minimum Gasteiger partial charge on any atom is -0.307 e. The molecular formula is C23H21ClN4. The molecule has 1 heterocycles. The van der Waals surface area contributed by atoms with Crippen molar-refractivity contribution < 1.29 is 0 Å². The van der Waals surface area contributed by atoms with Gasteiger partial charge in [-0.2, -0.15) is 15.0 Å². The molecule has 1 aromatic heterocycles. The van der Waals surface area contributed by atoms with Crippen LogP contribution in [0.3, 0.4) is 0 Å². The summed E-state index contributed by atoms with van der Waals surface area (Å²) in [6.45, 7) is 1.96. The first-order valence-electron chi connectivity index (χ1n) is 9.27. The van der Waals surface area contributed by atoms with Gasteiger partial charge in [0.15, 0.2) is 0 Å². The predicted molar refractivity (Wildman–Crippen MR) is 113 cm³/mol. The molecular weight excluding hydrogens is 368 g/mol. The minimum atomic E-state index is 0.540. The van der Waals surface area contributed by atoms with Gasteiger partial charge in [-0.15, -0.1) is 0 Å². The standard InChI is InChI=1S/C23H21ClN4/c24-21-14-8-7-13-20(21)17-28-26-22(16-25-15-18-9-3-1-4-10-18)23(27-28)19-11-5-2-6-12-19/h1-14,25H,15-17H2. The van der Waals surface area contributed by atoms with Crippen molar-refractivity contribution in [2.45, 2.75) is 19.6 Å². The van der Waals surface area contributed by atoms with Crippen LogP contribution in [0.4, 0.5) is 0 Å². The Labute approximate surface area is 169 Å². The Morgan fingerprint density at radius 2 is 1.43 bits per heavy atom.